The first-order valence-electron chi connectivity index (χ1n) is 10.2. The number of hydrogen-bond donors (Lipinski definition) is 1. The number of carbonyl (C=O) groups excluding carboxylic acids is 4. The molecule has 2 unspecified atom stereocenters. The third-order valence-electron chi connectivity index (χ3n) is 5.31. The van der Waals surface area contributed by atoms with Gasteiger partial charge in [0.1, 0.15) is 11.9 Å². The Kier molecular flexibility index (Phi) is 7.23. The Bertz CT molecular complexity index is 901. The molecule has 1 saturated carbocycles. The molecule has 1 radical (unpaired) electrons. The molecule has 0 spiro atoms. The molecule has 2 aliphatic rings. The highest BCUT2D eigenvalue weighted by molar-refractivity contribution is 6.09. The van der Waals surface area contributed by atoms with E-state index < -0.39 is 29.6 Å². The third kappa shape index (κ3) is 5.02. The number of alkyl carbamates (subject to hydrolysis) is 1. The minimum Gasteiger partial charge on any atom is -0.431 e. The van der Waals surface area contributed by atoms with E-state index in [0.717, 1.165) is 32.1 Å². The minimum absolute atomic E-state index is 0.0350. The number of amides is 1. The summed E-state index contributed by atoms with van der Waals surface area (Å²) in [5.74, 6) is -1.96. The number of Topliss-reactive ketones (excluding diaryl/α,β-unsaturated/α-hetero) is 1. The van der Waals surface area contributed by atoms with Crippen molar-refractivity contribution in [3.05, 3.63) is 54.1 Å². The fourth-order valence-electron chi connectivity index (χ4n) is 3.70. The highest BCUT2D eigenvalue weighted by Crippen LogP contribution is 2.34. The fourth-order valence-corrected chi connectivity index (χ4v) is 3.70. The van der Waals surface area contributed by atoms with Gasteiger partial charge in [-0.1, -0.05) is 36.8 Å². The van der Waals surface area contributed by atoms with Crippen molar-refractivity contribution >= 4 is 24.3 Å². The third-order valence-corrected chi connectivity index (χ3v) is 5.31. The van der Waals surface area contributed by atoms with Crippen molar-refractivity contribution in [2.75, 3.05) is 7.05 Å². The van der Waals surface area contributed by atoms with E-state index in [9.17, 15) is 19.2 Å². The quantitative estimate of drug-likeness (QED) is 0.420. The van der Waals surface area contributed by atoms with E-state index in [1.165, 1.54) is 37.4 Å². The number of carbonyl (C=O) groups is 3. The van der Waals surface area contributed by atoms with E-state index in [2.05, 4.69) is 5.32 Å². The summed E-state index contributed by atoms with van der Waals surface area (Å²) in [7, 11) is 1.33. The highest BCUT2D eigenvalue weighted by atomic mass is 16.7. The molecule has 0 saturated heterocycles. The SMILES string of the molecule is CNC(=O)OC1(C(=O)c2ccccc2OC(=O)OC2CCCCC2)C=CC=CC1[C]=O. The zero-order valence-electron chi connectivity index (χ0n) is 17.2. The van der Waals surface area contributed by atoms with Crippen LogP contribution in [0.2, 0.25) is 0 Å². The van der Waals surface area contributed by atoms with E-state index in [0.29, 0.717) is 0 Å². The molecule has 1 amide bonds. The first-order chi connectivity index (χ1) is 15.0. The Morgan fingerprint density at radius 2 is 1.84 bits per heavy atom. The van der Waals surface area contributed by atoms with E-state index >= 15 is 0 Å². The summed E-state index contributed by atoms with van der Waals surface area (Å²) in [6.07, 6.45) is 10.1. The fraction of sp³-hybridized carbons (Fsp3) is 0.391. The summed E-state index contributed by atoms with van der Waals surface area (Å²) in [4.78, 5) is 49.4. The van der Waals surface area contributed by atoms with E-state index in [4.69, 9.17) is 14.2 Å². The average molecular weight is 426 g/mol. The zero-order chi connectivity index (χ0) is 22.3. The second-order valence-corrected chi connectivity index (χ2v) is 7.33. The van der Waals surface area contributed by atoms with Crippen molar-refractivity contribution in [1.82, 2.24) is 5.32 Å². The Labute approximate surface area is 180 Å². The number of ether oxygens (including phenoxy) is 3. The maximum absolute atomic E-state index is 13.5. The van der Waals surface area contributed by atoms with Crippen molar-refractivity contribution in [3.63, 3.8) is 0 Å². The molecule has 163 valence electrons. The second-order valence-electron chi connectivity index (χ2n) is 7.33. The average Bonchev–Trinajstić information content (AvgIpc) is 2.79. The first-order valence-corrected chi connectivity index (χ1v) is 10.2. The van der Waals surface area contributed by atoms with Gasteiger partial charge >= 0.3 is 12.2 Å². The molecular formula is C23H24NO7. The van der Waals surface area contributed by atoms with Gasteiger partial charge in [-0.2, -0.15) is 0 Å². The first kappa shape index (κ1) is 22.3. The van der Waals surface area contributed by atoms with Crippen LogP contribution < -0.4 is 10.1 Å². The van der Waals surface area contributed by atoms with Crippen LogP contribution in [0.1, 0.15) is 42.5 Å². The molecule has 1 N–H and O–H groups in total. The normalized spacial score (nSPS) is 22.9. The van der Waals surface area contributed by atoms with E-state index in [-0.39, 0.29) is 17.4 Å². The Balaban J connectivity index is 1.88. The molecule has 1 fully saturated rings. The van der Waals surface area contributed by atoms with Gasteiger partial charge in [0.25, 0.3) is 0 Å². The molecule has 3 rings (SSSR count). The number of rotatable bonds is 6. The summed E-state index contributed by atoms with van der Waals surface area (Å²) >= 11 is 0. The topological polar surface area (TPSA) is 108 Å². The molecular weight excluding hydrogens is 402 g/mol. The Hall–Kier alpha value is -3.42. The van der Waals surface area contributed by atoms with Crippen LogP contribution in [0.5, 0.6) is 5.75 Å². The maximum Gasteiger partial charge on any atom is 0.514 e. The molecule has 8 nitrogen and oxygen atoms in total. The van der Waals surface area contributed by atoms with Gasteiger partial charge in [-0.25, -0.2) is 9.59 Å². The lowest BCUT2D eigenvalue weighted by Crippen LogP contribution is -2.50. The van der Waals surface area contributed by atoms with Crippen molar-refractivity contribution in [1.29, 1.82) is 0 Å². The zero-order valence-corrected chi connectivity index (χ0v) is 17.2. The minimum atomic E-state index is -1.97. The van der Waals surface area contributed by atoms with Crippen molar-refractivity contribution < 1.29 is 33.4 Å². The standard InChI is InChI=1S/C23H24NO7/c1-24-21(27)31-23(14-8-7-9-16(23)15-25)20(26)18-12-5-6-13-19(18)30-22(28)29-17-10-3-2-4-11-17/h5-9,12-14,16-17H,2-4,10-11H2,1H3,(H,24,27). The van der Waals surface area contributed by atoms with Crippen molar-refractivity contribution in [3.8, 4) is 5.75 Å². The van der Waals surface area contributed by atoms with Gasteiger partial charge in [0.05, 0.1) is 11.5 Å². The van der Waals surface area contributed by atoms with E-state index in [1.54, 1.807) is 24.5 Å². The summed E-state index contributed by atoms with van der Waals surface area (Å²) in [6.45, 7) is 0. The molecule has 8 heteroatoms. The number of para-hydroxylation sites is 1. The lowest BCUT2D eigenvalue weighted by molar-refractivity contribution is 0.0276. The van der Waals surface area contributed by atoms with Gasteiger partial charge in [0.2, 0.25) is 17.7 Å². The Morgan fingerprint density at radius 1 is 1.10 bits per heavy atom. The van der Waals surface area contributed by atoms with Gasteiger partial charge in [-0.05, 0) is 43.9 Å². The van der Waals surface area contributed by atoms with Crippen LogP contribution in [0.4, 0.5) is 9.59 Å². The van der Waals surface area contributed by atoms with Crippen molar-refractivity contribution in [2.24, 2.45) is 5.92 Å². The number of allylic oxidation sites excluding steroid dienone is 2. The van der Waals surface area contributed by atoms with Gasteiger partial charge < -0.3 is 19.5 Å². The van der Waals surface area contributed by atoms with Gasteiger partial charge in [-0.15, -0.1) is 0 Å². The molecule has 0 aliphatic heterocycles. The van der Waals surface area contributed by atoms with Crippen LogP contribution in [-0.4, -0.2) is 43.1 Å². The summed E-state index contributed by atoms with van der Waals surface area (Å²) in [5.41, 5.74) is -2.00. The van der Waals surface area contributed by atoms with Crippen LogP contribution in [0, 0.1) is 5.92 Å². The van der Waals surface area contributed by atoms with Gasteiger partial charge in [0.15, 0.2) is 0 Å². The second kappa shape index (κ2) is 10.1. The monoisotopic (exact) mass is 426 g/mol. The number of nitrogens with one attached hydrogen (secondary N) is 1. The van der Waals surface area contributed by atoms with Crippen LogP contribution in [0.3, 0.4) is 0 Å². The highest BCUT2D eigenvalue weighted by Gasteiger charge is 2.49. The number of ketones is 1. The summed E-state index contributed by atoms with van der Waals surface area (Å²) in [5, 5.41) is 2.27. The van der Waals surface area contributed by atoms with Crippen molar-refractivity contribution in [2.45, 2.75) is 43.8 Å². The molecule has 2 aliphatic carbocycles. The van der Waals surface area contributed by atoms with Crippen LogP contribution >= 0.6 is 0 Å². The number of hydrogen-bond acceptors (Lipinski definition) is 7. The lowest BCUT2D eigenvalue weighted by Gasteiger charge is -2.33. The van der Waals surface area contributed by atoms with Gasteiger partial charge in [-0.3, -0.25) is 9.59 Å². The smallest absolute Gasteiger partial charge is 0.431 e. The molecule has 0 heterocycles. The van der Waals surface area contributed by atoms with Gasteiger partial charge in [0, 0.05) is 7.05 Å². The summed E-state index contributed by atoms with van der Waals surface area (Å²) in [6, 6.07) is 6.02. The largest absolute Gasteiger partial charge is 0.514 e. The predicted octanol–water partition coefficient (Wildman–Crippen LogP) is 3.66. The lowest BCUT2D eigenvalue weighted by atomic mass is 9.78. The molecule has 2 atom stereocenters. The summed E-state index contributed by atoms with van der Waals surface area (Å²) < 4.78 is 16.1. The predicted molar refractivity (Wildman–Crippen MR) is 110 cm³/mol. The molecule has 31 heavy (non-hydrogen) atoms. The molecule has 0 bridgehead atoms. The van der Waals surface area contributed by atoms with Crippen LogP contribution in [0.15, 0.2) is 48.6 Å². The van der Waals surface area contributed by atoms with Crippen LogP contribution in [0.25, 0.3) is 0 Å². The molecule has 1 aromatic rings. The number of benzene rings is 1. The molecule has 1 aromatic carbocycles. The van der Waals surface area contributed by atoms with E-state index in [1.807, 2.05) is 0 Å². The molecule has 0 aromatic heterocycles. The van der Waals surface area contributed by atoms with Crippen LogP contribution in [-0.2, 0) is 14.3 Å². The Morgan fingerprint density at radius 3 is 2.55 bits per heavy atom. The maximum atomic E-state index is 13.5.